The summed E-state index contributed by atoms with van der Waals surface area (Å²) < 4.78 is 7.33. The molecule has 0 unspecified atom stereocenters. The summed E-state index contributed by atoms with van der Waals surface area (Å²) in [4.78, 5) is 37.2. The maximum absolute atomic E-state index is 12.8. The Morgan fingerprint density at radius 2 is 1.79 bits per heavy atom. The number of nitrogens with one attached hydrogen (secondary N) is 3. The number of anilines is 4. The van der Waals surface area contributed by atoms with Crippen LogP contribution in [0, 0.1) is 6.92 Å². The van der Waals surface area contributed by atoms with Gasteiger partial charge in [-0.05, 0) is 55.5 Å². The number of aromatic nitrogens is 3. The number of carbonyl (C=O) groups is 2. The summed E-state index contributed by atoms with van der Waals surface area (Å²) in [6.45, 7) is 6.57. The third kappa shape index (κ3) is 6.51. The second-order valence-electron chi connectivity index (χ2n) is 10.2. The summed E-state index contributed by atoms with van der Waals surface area (Å²) in [6, 6.07) is 17.9. The minimum absolute atomic E-state index is 0.120. The third-order valence-electron chi connectivity index (χ3n) is 7.23. The maximum Gasteiger partial charge on any atom is 0.255 e. The van der Waals surface area contributed by atoms with Gasteiger partial charge in [0.2, 0.25) is 0 Å². The number of pyridine rings is 1. The molecule has 43 heavy (non-hydrogen) atoms. The van der Waals surface area contributed by atoms with Crippen molar-refractivity contribution in [3.8, 4) is 11.4 Å². The Hall–Kier alpha value is -4.78. The zero-order chi connectivity index (χ0) is 29.8. The molecule has 4 heterocycles. The third-order valence-corrected chi connectivity index (χ3v) is 7.99. The van der Waals surface area contributed by atoms with Gasteiger partial charge in [-0.15, -0.1) is 11.3 Å². The van der Waals surface area contributed by atoms with Gasteiger partial charge < -0.3 is 26.4 Å². The van der Waals surface area contributed by atoms with Gasteiger partial charge >= 0.3 is 0 Å². The van der Waals surface area contributed by atoms with E-state index in [1.54, 1.807) is 36.4 Å². The number of amides is 2. The van der Waals surface area contributed by atoms with Crippen LogP contribution in [0.15, 0.2) is 72.2 Å². The van der Waals surface area contributed by atoms with Gasteiger partial charge in [-0.2, -0.15) is 0 Å². The van der Waals surface area contributed by atoms with Crippen LogP contribution in [-0.2, 0) is 4.74 Å². The number of benzene rings is 2. The molecule has 12 heteroatoms. The molecule has 5 N–H and O–H groups in total. The quantitative estimate of drug-likeness (QED) is 0.184. The van der Waals surface area contributed by atoms with Crippen molar-refractivity contribution in [1.29, 1.82) is 0 Å². The van der Waals surface area contributed by atoms with E-state index in [0.717, 1.165) is 55.6 Å². The van der Waals surface area contributed by atoms with Crippen LogP contribution in [-0.4, -0.2) is 70.5 Å². The van der Waals surface area contributed by atoms with E-state index < -0.39 is 0 Å². The number of ether oxygens (including phenoxy) is 1. The molecule has 6 rings (SSSR count). The van der Waals surface area contributed by atoms with Crippen LogP contribution < -0.4 is 21.7 Å². The second kappa shape index (κ2) is 12.6. The Balaban J connectivity index is 1.10. The fourth-order valence-corrected chi connectivity index (χ4v) is 5.66. The highest BCUT2D eigenvalue weighted by atomic mass is 32.1. The molecular weight excluding hydrogens is 564 g/mol. The number of thiazole rings is 1. The summed E-state index contributed by atoms with van der Waals surface area (Å²) in [5.41, 5.74) is 12.0. The van der Waals surface area contributed by atoms with Crippen molar-refractivity contribution in [2.75, 3.05) is 55.8 Å². The topological polar surface area (TPSA) is 139 Å². The smallest absolute Gasteiger partial charge is 0.255 e. The van der Waals surface area contributed by atoms with Crippen molar-refractivity contribution in [3.63, 3.8) is 0 Å². The van der Waals surface area contributed by atoms with Crippen LogP contribution in [0.4, 0.5) is 22.2 Å². The second-order valence-corrected chi connectivity index (χ2v) is 11.0. The number of fused-ring (bicyclic) bond motifs is 1. The minimum atomic E-state index is -0.238. The number of rotatable bonds is 9. The Morgan fingerprint density at radius 1 is 1.00 bits per heavy atom. The molecule has 1 saturated heterocycles. The SMILES string of the molecule is Cc1nc2cc(C(=O)NCCN3CCOCC3)ccn2c1-c1csc(Nc2ccc(C(=O)Nc3ccccc3N)cc2)n1. The van der Waals surface area contributed by atoms with Crippen molar-refractivity contribution in [1.82, 2.24) is 24.6 Å². The van der Waals surface area contributed by atoms with Crippen LogP contribution in [0.2, 0.25) is 0 Å². The molecule has 2 aromatic carbocycles. The molecule has 1 aliphatic rings. The van der Waals surface area contributed by atoms with E-state index in [1.807, 2.05) is 47.2 Å². The summed E-state index contributed by atoms with van der Waals surface area (Å²) in [7, 11) is 0. The number of morpholine rings is 1. The first kappa shape index (κ1) is 28.3. The highest BCUT2D eigenvalue weighted by Gasteiger charge is 2.17. The molecule has 11 nitrogen and oxygen atoms in total. The highest BCUT2D eigenvalue weighted by Crippen LogP contribution is 2.30. The maximum atomic E-state index is 12.8. The van der Waals surface area contributed by atoms with Gasteiger partial charge in [-0.3, -0.25) is 18.9 Å². The number of nitrogens with two attached hydrogens (primary N) is 1. The molecule has 0 radical (unpaired) electrons. The van der Waals surface area contributed by atoms with Gasteiger partial charge in [0.25, 0.3) is 11.8 Å². The van der Waals surface area contributed by atoms with E-state index >= 15 is 0 Å². The number of para-hydroxylation sites is 2. The molecule has 1 fully saturated rings. The first-order valence-corrected chi connectivity index (χ1v) is 14.9. The molecule has 0 aliphatic carbocycles. The lowest BCUT2D eigenvalue weighted by Crippen LogP contribution is -2.41. The van der Waals surface area contributed by atoms with Crippen LogP contribution in [0.3, 0.4) is 0 Å². The lowest BCUT2D eigenvalue weighted by Gasteiger charge is -2.26. The van der Waals surface area contributed by atoms with Crippen LogP contribution >= 0.6 is 11.3 Å². The molecule has 2 amide bonds. The Kier molecular flexibility index (Phi) is 8.31. The number of carbonyl (C=O) groups excluding carboxylic acids is 2. The van der Waals surface area contributed by atoms with Crippen LogP contribution in [0.5, 0.6) is 0 Å². The Morgan fingerprint density at radius 3 is 2.58 bits per heavy atom. The molecule has 0 saturated carbocycles. The summed E-state index contributed by atoms with van der Waals surface area (Å²) in [5, 5.41) is 11.8. The lowest BCUT2D eigenvalue weighted by molar-refractivity contribution is 0.0383. The van der Waals surface area contributed by atoms with E-state index in [9.17, 15) is 9.59 Å². The van der Waals surface area contributed by atoms with Gasteiger partial charge in [0.15, 0.2) is 5.13 Å². The van der Waals surface area contributed by atoms with Crippen molar-refractivity contribution < 1.29 is 14.3 Å². The molecule has 220 valence electrons. The Bertz CT molecular complexity index is 1760. The molecule has 3 aromatic heterocycles. The standard InChI is InChI=1S/C31H32N8O3S/c1-20-28(39-12-10-22(18-27(39)34-20)29(40)33-11-13-38-14-16-42-17-15-38)26-19-43-31(37-26)35-23-8-6-21(7-9-23)30(41)36-25-5-3-2-4-24(25)32/h2-10,12,18-19H,11,13-17,32H2,1H3,(H,33,40)(H,35,37)(H,36,41). The lowest BCUT2D eigenvalue weighted by atomic mass is 10.2. The Labute approximate surface area is 252 Å². The van der Waals surface area contributed by atoms with Gasteiger partial charge in [0.1, 0.15) is 11.3 Å². The largest absolute Gasteiger partial charge is 0.397 e. The molecule has 0 bridgehead atoms. The average Bonchev–Trinajstić information content (AvgIpc) is 3.61. The average molecular weight is 597 g/mol. The number of hydrogen-bond donors (Lipinski definition) is 4. The highest BCUT2D eigenvalue weighted by molar-refractivity contribution is 7.14. The fraction of sp³-hybridized carbons (Fsp3) is 0.226. The molecule has 0 atom stereocenters. The van der Waals surface area contributed by atoms with Crippen LogP contribution in [0.1, 0.15) is 26.4 Å². The van der Waals surface area contributed by atoms with Crippen molar-refractivity contribution in [2.24, 2.45) is 0 Å². The van der Waals surface area contributed by atoms with E-state index in [0.29, 0.717) is 39.8 Å². The number of aryl methyl sites for hydroxylation is 1. The minimum Gasteiger partial charge on any atom is -0.397 e. The van der Waals surface area contributed by atoms with Crippen molar-refractivity contribution in [2.45, 2.75) is 6.92 Å². The van der Waals surface area contributed by atoms with E-state index in [4.69, 9.17) is 20.4 Å². The number of nitrogen functional groups attached to an aromatic ring is 1. The van der Waals surface area contributed by atoms with E-state index in [1.165, 1.54) is 11.3 Å². The fourth-order valence-electron chi connectivity index (χ4n) is 4.94. The monoisotopic (exact) mass is 596 g/mol. The van der Waals surface area contributed by atoms with Gasteiger partial charge in [0, 0.05) is 54.6 Å². The summed E-state index contributed by atoms with van der Waals surface area (Å²) >= 11 is 1.47. The number of hydrogen-bond acceptors (Lipinski definition) is 9. The zero-order valence-corrected chi connectivity index (χ0v) is 24.5. The molecule has 1 aliphatic heterocycles. The van der Waals surface area contributed by atoms with Crippen LogP contribution in [0.25, 0.3) is 17.0 Å². The first-order valence-electron chi connectivity index (χ1n) is 14.0. The van der Waals surface area contributed by atoms with E-state index in [-0.39, 0.29) is 11.8 Å². The van der Waals surface area contributed by atoms with Gasteiger partial charge in [-0.1, -0.05) is 12.1 Å². The van der Waals surface area contributed by atoms with Gasteiger partial charge in [0.05, 0.1) is 36.0 Å². The molecule has 5 aromatic rings. The summed E-state index contributed by atoms with van der Waals surface area (Å²) in [5.74, 6) is -0.358. The predicted octanol–water partition coefficient (Wildman–Crippen LogP) is 4.41. The first-order chi connectivity index (χ1) is 20.9. The zero-order valence-electron chi connectivity index (χ0n) is 23.7. The normalized spacial score (nSPS) is 13.6. The molecular formula is C31H32N8O3S. The van der Waals surface area contributed by atoms with E-state index in [2.05, 4.69) is 20.9 Å². The van der Waals surface area contributed by atoms with Crippen molar-refractivity contribution >= 4 is 51.0 Å². The summed E-state index contributed by atoms with van der Waals surface area (Å²) in [6.07, 6.45) is 1.86. The van der Waals surface area contributed by atoms with Gasteiger partial charge in [-0.25, -0.2) is 9.97 Å². The number of nitrogens with zero attached hydrogens (tertiary/aromatic N) is 4. The van der Waals surface area contributed by atoms with Crippen molar-refractivity contribution in [3.05, 3.63) is 89.1 Å². The predicted molar refractivity (Wildman–Crippen MR) is 169 cm³/mol. The molecule has 0 spiro atoms. The number of imidazole rings is 1.